The Morgan fingerprint density at radius 1 is 1.04 bits per heavy atom. The molecule has 2 aliphatic carbocycles. The van der Waals surface area contributed by atoms with Crippen molar-refractivity contribution in [3.8, 4) is 17.0 Å². The van der Waals surface area contributed by atoms with Gasteiger partial charge in [0.25, 0.3) is 5.91 Å². The summed E-state index contributed by atoms with van der Waals surface area (Å²) in [4.78, 5) is 36.8. The van der Waals surface area contributed by atoms with Crippen molar-refractivity contribution in [1.82, 2.24) is 19.7 Å². The number of benzene rings is 2. The molecule has 0 spiro atoms. The molecule has 6 heterocycles. The van der Waals surface area contributed by atoms with Gasteiger partial charge in [-0.15, -0.1) is 0 Å². The summed E-state index contributed by atoms with van der Waals surface area (Å²) in [7, 11) is 0. The van der Waals surface area contributed by atoms with Gasteiger partial charge in [0.1, 0.15) is 5.82 Å². The number of para-hydroxylation sites is 1. The number of pyridine rings is 1. The minimum Gasteiger partial charge on any atom is -0.449 e. The molecule has 2 unspecified atom stereocenters. The molecule has 250 valence electrons. The molecule has 2 N–H and O–H groups in total. The van der Waals surface area contributed by atoms with E-state index < -0.39 is 6.16 Å². The Labute approximate surface area is 286 Å². The number of nitrogens with one attached hydrogen (secondary N) is 1. The van der Waals surface area contributed by atoms with Crippen LogP contribution in [0.4, 0.5) is 15.7 Å². The van der Waals surface area contributed by atoms with Crippen molar-refractivity contribution < 1.29 is 24.2 Å². The minimum absolute atomic E-state index is 0.00589. The first-order chi connectivity index (χ1) is 23.8. The van der Waals surface area contributed by atoms with Crippen LogP contribution in [0.15, 0.2) is 60.8 Å². The zero-order valence-corrected chi connectivity index (χ0v) is 27.9. The monoisotopic (exact) mass is 676 g/mol. The smallest absolute Gasteiger partial charge is 0.449 e. The molecule has 2 aromatic carbocycles. The number of rotatable bonds is 7. The molecular formula is C37H36N6O5S. The third kappa shape index (κ3) is 5.52. The van der Waals surface area contributed by atoms with Crippen molar-refractivity contribution in [2.24, 2.45) is 11.8 Å². The fraction of sp³-hybridized carbons (Fsp3) is 0.378. The summed E-state index contributed by atoms with van der Waals surface area (Å²) in [6, 6.07) is 17.3. The van der Waals surface area contributed by atoms with Crippen molar-refractivity contribution >= 4 is 44.6 Å². The molecule has 4 bridgehead atoms. The van der Waals surface area contributed by atoms with E-state index in [1.807, 2.05) is 66.2 Å². The maximum atomic E-state index is 13.5. The summed E-state index contributed by atoms with van der Waals surface area (Å²) in [5, 5.41) is 18.0. The predicted octanol–water partition coefficient (Wildman–Crippen LogP) is 7.08. The second-order valence-electron chi connectivity index (χ2n) is 14.0. The van der Waals surface area contributed by atoms with E-state index in [1.165, 1.54) is 30.6 Å². The highest BCUT2D eigenvalue weighted by Gasteiger charge is 2.52. The number of aromatic nitrogens is 4. The third-order valence-corrected chi connectivity index (χ3v) is 11.8. The Bertz CT molecular complexity index is 2050. The third-order valence-electron chi connectivity index (χ3n) is 10.8. The van der Waals surface area contributed by atoms with Crippen LogP contribution in [-0.2, 0) is 24.2 Å². The van der Waals surface area contributed by atoms with Gasteiger partial charge in [-0.1, -0.05) is 35.6 Å². The molecule has 0 radical (unpaired) electrons. The number of hydrogen-bond donors (Lipinski definition) is 2. The van der Waals surface area contributed by atoms with Gasteiger partial charge in [0.05, 0.1) is 34.7 Å². The lowest BCUT2D eigenvalue weighted by molar-refractivity contribution is -0.226. The summed E-state index contributed by atoms with van der Waals surface area (Å²) >= 11 is 1.44. The van der Waals surface area contributed by atoms with Gasteiger partial charge in [-0.05, 0) is 98.7 Å². The minimum atomic E-state index is -1.43. The molecule has 3 aromatic heterocycles. The Hall–Kier alpha value is -4.81. The molecule has 10 rings (SSSR count). The van der Waals surface area contributed by atoms with E-state index in [1.54, 1.807) is 6.20 Å². The maximum absolute atomic E-state index is 13.5. The first-order valence-electron chi connectivity index (χ1n) is 16.9. The van der Waals surface area contributed by atoms with Crippen molar-refractivity contribution in [2.45, 2.75) is 70.2 Å². The first kappa shape index (κ1) is 30.3. The van der Waals surface area contributed by atoms with Gasteiger partial charge in [-0.2, -0.15) is 10.1 Å². The van der Waals surface area contributed by atoms with Gasteiger partial charge in [0, 0.05) is 35.5 Å². The van der Waals surface area contributed by atoms with Crippen LogP contribution < -0.4 is 15.0 Å². The number of nitrogens with zero attached hydrogens (tertiary/aromatic N) is 5. The number of thiazole rings is 1. The quantitative estimate of drug-likeness (QED) is 0.174. The van der Waals surface area contributed by atoms with Gasteiger partial charge in [-0.3, -0.25) is 14.8 Å². The number of carboxylic acid groups (broad SMARTS) is 1. The standard InChI is InChI=1S/C37H36N6O5S/c1-21-28(18-38-43(21)20-37-16-22-13-23(17-37)15-25(14-22)48-37)27-9-10-32(40-34(27)47-36(45)46)42-12-11-24-5-4-6-26(29(24)19-42)33(44)41-35-39-30-7-2-3-8-31(30)49-35/h2-10,18,22-23,25H,11-17,19-20H2,1H3,(H,45,46)(H,39,41,44). The van der Waals surface area contributed by atoms with Crippen LogP contribution >= 0.6 is 11.3 Å². The number of carbonyl (C=O) groups excluding carboxylic acids is 1. The van der Waals surface area contributed by atoms with Crippen LogP contribution in [0.1, 0.15) is 59.3 Å². The van der Waals surface area contributed by atoms with Gasteiger partial charge in [-0.25, -0.2) is 9.78 Å². The van der Waals surface area contributed by atoms with Gasteiger partial charge in [0.2, 0.25) is 5.88 Å². The number of carbonyl (C=O) groups is 2. The Balaban J connectivity index is 0.976. The van der Waals surface area contributed by atoms with E-state index in [0.717, 1.165) is 57.3 Å². The van der Waals surface area contributed by atoms with Crippen molar-refractivity contribution in [3.05, 3.63) is 83.2 Å². The van der Waals surface area contributed by atoms with E-state index >= 15 is 0 Å². The lowest BCUT2D eigenvalue weighted by Crippen LogP contribution is -2.56. The molecule has 1 amide bonds. The molecule has 12 heteroatoms. The summed E-state index contributed by atoms with van der Waals surface area (Å²) in [6.45, 7) is 3.77. The Morgan fingerprint density at radius 3 is 2.67 bits per heavy atom. The normalized spacial score (nSPS) is 23.9. The zero-order valence-electron chi connectivity index (χ0n) is 27.1. The fourth-order valence-electron chi connectivity index (χ4n) is 8.88. The molecule has 49 heavy (non-hydrogen) atoms. The Kier molecular flexibility index (Phi) is 7.20. The number of hydrogen-bond acceptors (Lipinski definition) is 9. The van der Waals surface area contributed by atoms with E-state index in [9.17, 15) is 14.7 Å². The lowest BCUT2D eigenvalue weighted by Gasteiger charge is -2.56. The molecule has 2 saturated heterocycles. The molecular weight excluding hydrogens is 641 g/mol. The molecule has 5 aromatic rings. The van der Waals surface area contributed by atoms with Crippen LogP contribution in [0.25, 0.3) is 21.3 Å². The molecule has 4 fully saturated rings. The fourth-order valence-corrected chi connectivity index (χ4v) is 9.74. The summed E-state index contributed by atoms with van der Waals surface area (Å²) in [5.74, 6) is 1.83. The number of fused-ring (bicyclic) bond motifs is 2. The molecule has 2 atom stereocenters. The summed E-state index contributed by atoms with van der Waals surface area (Å²) in [6.07, 6.45) is 7.22. The average Bonchev–Trinajstić information content (AvgIpc) is 3.65. The van der Waals surface area contributed by atoms with Crippen molar-refractivity contribution in [3.63, 3.8) is 0 Å². The molecule has 11 nitrogen and oxygen atoms in total. The highest BCUT2D eigenvalue weighted by atomic mass is 32.1. The molecule has 2 saturated carbocycles. The van der Waals surface area contributed by atoms with E-state index in [-0.39, 0.29) is 17.4 Å². The van der Waals surface area contributed by atoms with Gasteiger partial charge >= 0.3 is 6.16 Å². The highest BCUT2D eigenvalue weighted by Crippen LogP contribution is 2.53. The number of amides is 1. The number of anilines is 2. The van der Waals surface area contributed by atoms with Crippen molar-refractivity contribution in [1.29, 1.82) is 0 Å². The second-order valence-corrected chi connectivity index (χ2v) is 15.0. The van der Waals surface area contributed by atoms with Crippen LogP contribution in [-0.4, -0.2) is 55.2 Å². The van der Waals surface area contributed by atoms with Crippen LogP contribution in [0.3, 0.4) is 0 Å². The van der Waals surface area contributed by atoms with Crippen LogP contribution in [0.5, 0.6) is 5.88 Å². The summed E-state index contributed by atoms with van der Waals surface area (Å²) < 4.78 is 14.9. The largest absolute Gasteiger partial charge is 0.512 e. The average molecular weight is 677 g/mol. The predicted molar refractivity (Wildman–Crippen MR) is 185 cm³/mol. The molecule has 5 aliphatic rings. The van der Waals surface area contributed by atoms with E-state index in [4.69, 9.17) is 19.6 Å². The van der Waals surface area contributed by atoms with Crippen molar-refractivity contribution in [2.75, 3.05) is 16.8 Å². The van der Waals surface area contributed by atoms with Crippen LogP contribution in [0, 0.1) is 18.8 Å². The summed E-state index contributed by atoms with van der Waals surface area (Å²) in [5.41, 5.74) is 5.50. The lowest BCUT2D eigenvalue weighted by atomic mass is 9.62. The first-order valence-corrected chi connectivity index (χ1v) is 17.8. The topological polar surface area (TPSA) is 132 Å². The van der Waals surface area contributed by atoms with Gasteiger partial charge < -0.3 is 19.5 Å². The maximum Gasteiger partial charge on any atom is 0.512 e. The SMILES string of the molecule is Cc1c(-c2ccc(N3CCc4cccc(C(=O)Nc5nc6ccccc6s5)c4C3)nc2OC(=O)O)cnn1CC12CC3CC(CC(C3)O1)C2. The van der Waals surface area contributed by atoms with Gasteiger partial charge in [0.15, 0.2) is 5.13 Å². The van der Waals surface area contributed by atoms with Crippen LogP contribution in [0.2, 0.25) is 0 Å². The van der Waals surface area contributed by atoms with E-state index in [0.29, 0.717) is 54.2 Å². The second kappa shape index (κ2) is 11.7. The highest BCUT2D eigenvalue weighted by molar-refractivity contribution is 7.22. The van der Waals surface area contributed by atoms with E-state index in [2.05, 4.69) is 15.2 Å². The Morgan fingerprint density at radius 2 is 1.88 bits per heavy atom. The number of ether oxygens (including phenoxy) is 2. The molecule has 3 aliphatic heterocycles. The zero-order chi connectivity index (χ0) is 33.3.